The first-order chi connectivity index (χ1) is 20.5. The maximum Gasteiger partial charge on any atom is 0.311 e. The van der Waals surface area contributed by atoms with Crippen molar-refractivity contribution in [3.8, 4) is 0 Å². The summed E-state index contributed by atoms with van der Waals surface area (Å²) in [5, 5.41) is 34.7. The molecule has 3 aliphatic rings. The van der Waals surface area contributed by atoms with Crippen LogP contribution in [0, 0.1) is 23.6 Å². The second-order valence-corrected chi connectivity index (χ2v) is 11.9. The van der Waals surface area contributed by atoms with E-state index in [-0.39, 0.29) is 6.42 Å². The Hall–Kier alpha value is -3.67. The minimum atomic E-state index is -1.83. The zero-order valence-corrected chi connectivity index (χ0v) is 24.1. The number of nitrogens with zero attached hydrogens (tertiary/aromatic N) is 2. The highest BCUT2D eigenvalue weighted by molar-refractivity contribution is 6.07. The van der Waals surface area contributed by atoms with Gasteiger partial charge in [0.25, 0.3) is 11.6 Å². The van der Waals surface area contributed by atoms with Crippen molar-refractivity contribution in [1.82, 2.24) is 5.06 Å². The first-order valence-corrected chi connectivity index (χ1v) is 14.5. The Balaban J connectivity index is 1.46. The van der Waals surface area contributed by atoms with Crippen LogP contribution in [0.5, 0.6) is 0 Å². The number of ether oxygens (including phenoxy) is 1. The molecule has 3 fully saturated rings. The fourth-order valence-corrected chi connectivity index (χ4v) is 7.15. The van der Waals surface area contributed by atoms with Gasteiger partial charge in [0.05, 0.1) is 12.2 Å². The summed E-state index contributed by atoms with van der Waals surface area (Å²) in [4.78, 5) is 34.8. The number of para-hydroxylation sites is 2. The standard InChI is InChI=1S/C33H35FN2O7/c1-19(2)32(41)26-18-25(21-14-16-22(34)17-15-21)28(27(20(3)37)30(38)39)42-29(26)36-33(32,43-36)31(40)35(23-10-6-4-7-11-23)24-12-8-5-9-13-24/h4-17,19-20,25-29,37,41H,18H2,1-3H3,(H,38,39)/t20?,25?,26?,27?,28-,29?,32+,33?,36?/m1/s1. The summed E-state index contributed by atoms with van der Waals surface area (Å²) in [6, 6.07) is 23.8. The highest BCUT2D eigenvalue weighted by Crippen LogP contribution is 2.65. The number of hydrogen-bond donors (Lipinski definition) is 3. The van der Waals surface area contributed by atoms with Crippen LogP contribution in [0.25, 0.3) is 0 Å². The Morgan fingerprint density at radius 1 is 0.953 bits per heavy atom. The highest BCUT2D eigenvalue weighted by Gasteiger charge is 2.87. The van der Waals surface area contributed by atoms with Crippen LogP contribution in [-0.2, 0) is 19.2 Å². The van der Waals surface area contributed by atoms with Gasteiger partial charge >= 0.3 is 5.97 Å². The Labute approximate surface area is 249 Å². The van der Waals surface area contributed by atoms with E-state index >= 15 is 0 Å². The summed E-state index contributed by atoms with van der Waals surface area (Å²) in [6.45, 7) is 5.00. The average molecular weight is 591 g/mol. The molecular weight excluding hydrogens is 555 g/mol. The highest BCUT2D eigenvalue weighted by atomic mass is 19.1. The van der Waals surface area contributed by atoms with Crippen LogP contribution >= 0.6 is 0 Å². The quantitative estimate of drug-likeness (QED) is 0.330. The molecule has 9 nitrogen and oxygen atoms in total. The summed E-state index contributed by atoms with van der Waals surface area (Å²) in [5.41, 5.74) is -1.83. The molecule has 0 spiro atoms. The number of aliphatic hydroxyl groups excluding tert-OH is 1. The molecule has 43 heavy (non-hydrogen) atoms. The van der Waals surface area contributed by atoms with E-state index < -0.39 is 71.1 Å². The van der Waals surface area contributed by atoms with Crippen LogP contribution in [-0.4, -0.2) is 62.0 Å². The van der Waals surface area contributed by atoms with Crippen LogP contribution in [0.2, 0.25) is 0 Å². The third-order valence-corrected chi connectivity index (χ3v) is 9.25. The lowest BCUT2D eigenvalue weighted by atomic mass is 9.67. The molecule has 0 bridgehead atoms. The number of fused-ring (bicyclic) bond motifs is 3. The lowest BCUT2D eigenvalue weighted by Gasteiger charge is -2.47. The van der Waals surface area contributed by atoms with Gasteiger partial charge < -0.3 is 20.1 Å². The van der Waals surface area contributed by atoms with Crippen molar-refractivity contribution in [3.63, 3.8) is 0 Å². The minimum absolute atomic E-state index is 0.206. The van der Waals surface area contributed by atoms with Crippen molar-refractivity contribution < 1.29 is 38.9 Å². The first-order valence-electron chi connectivity index (χ1n) is 14.5. The molecule has 0 aliphatic carbocycles. The molecule has 3 saturated heterocycles. The largest absolute Gasteiger partial charge is 0.481 e. The summed E-state index contributed by atoms with van der Waals surface area (Å²) in [5.74, 6) is -5.37. The van der Waals surface area contributed by atoms with Crippen LogP contribution in [0.1, 0.15) is 38.7 Å². The Morgan fingerprint density at radius 2 is 1.51 bits per heavy atom. The molecule has 3 aromatic rings. The third-order valence-electron chi connectivity index (χ3n) is 9.25. The van der Waals surface area contributed by atoms with Gasteiger partial charge in [0, 0.05) is 23.2 Å². The van der Waals surface area contributed by atoms with Gasteiger partial charge in [-0.05, 0) is 61.2 Å². The summed E-state index contributed by atoms with van der Waals surface area (Å²) < 4.78 is 20.4. The van der Waals surface area contributed by atoms with E-state index in [1.807, 2.05) is 50.2 Å². The number of hydrogen-bond acceptors (Lipinski definition) is 7. The van der Waals surface area contributed by atoms with Crippen LogP contribution in [0.4, 0.5) is 15.8 Å². The van der Waals surface area contributed by atoms with Gasteiger partial charge in [0.15, 0.2) is 0 Å². The molecule has 0 aromatic heterocycles. The van der Waals surface area contributed by atoms with E-state index in [1.165, 1.54) is 29.0 Å². The van der Waals surface area contributed by atoms with E-state index in [4.69, 9.17) is 9.57 Å². The van der Waals surface area contributed by atoms with Gasteiger partial charge in [0.2, 0.25) is 0 Å². The van der Waals surface area contributed by atoms with E-state index in [9.17, 15) is 29.3 Å². The molecule has 0 saturated carbocycles. The number of halogens is 1. The molecule has 3 aliphatic heterocycles. The maximum absolute atomic E-state index is 14.8. The van der Waals surface area contributed by atoms with Gasteiger partial charge in [-0.3, -0.25) is 19.3 Å². The number of carbonyl (C=O) groups is 2. The van der Waals surface area contributed by atoms with Crippen molar-refractivity contribution in [3.05, 3.63) is 96.3 Å². The fourth-order valence-electron chi connectivity index (χ4n) is 7.15. The van der Waals surface area contributed by atoms with Crippen molar-refractivity contribution in [2.75, 3.05) is 4.90 Å². The number of aliphatic hydroxyl groups is 2. The number of amides is 1. The van der Waals surface area contributed by atoms with Gasteiger partial charge in [-0.15, -0.1) is 5.06 Å². The summed E-state index contributed by atoms with van der Waals surface area (Å²) in [6.07, 6.45) is -3.11. The van der Waals surface area contributed by atoms with Crippen LogP contribution in [0.15, 0.2) is 84.9 Å². The number of aliphatic carboxylic acids is 1. The maximum atomic E-state index is 14.8. The predicted molar refractivity (Wildman–Crippen MR) is 154 cm³/mol. The molecule has 0 radical (unpaired) electrons. The number of rotatable bonds is 8. The second kappa shape index (κ2) is 10.8. The van der Waals surface area contributed by atoms with Gasteiger partial charge in [-0.2, -0.15) is 0 Å². The van der Waals surface area contributed by atoms with Crippen LogP contribution in [0.3, 0.4) is 0 Å². The van der Waals surface area contributed by atoms with Crippen molar-refractivity contribution >= 4 is 23.3 Å². The Bertz CT molecular complexity index is 1450. The minimum Gasteiger partial charge on any atom is -0.481 e. The van der Waals surface area contributed by atoms with Gasteiger partial charge in [0.1, 0.15) is 23.6 Å². The SMILES string of the molecule is CC(O)C(C(=O)O)[C@@H]1OC2C(CC1c1ccc(F)cc1)[C@@](O)(C(C)C)C1(C(=O)N(c3ccccc3)c3ccccc3)ON21. The molecule has 3 aromatic carbocycles. The Kier molecular flexibility index (Phi) is 7.38. The Morgan fingerprint density at radius 3 is 2.00 bits per heavy atom. The van der Waals surface area contributed by atoms with Crippen molar-refractivity contribution in [2.24, 2.45) is 17.8 Å². The molecular formula is C33H35FN2O7. The zero-order valence-electron chi connectivity index (χ0n) is 24.1. The van der Waals surface area contributed by atoms with Gasteiger partial charge in [-0.25, -0.2) is 4.39 Å². The van der Waals surface area contributed by atoms with E-state index in [1.54, 1.807) is 36.4 Å². The lowest BCUT2D eigenvalue weighted by Crippen LogP contribution is -2.61. The van der Waals surface area contributed by atoms with Gasteiger partial charge in [-0.1, -0.05) is 62.4 Å². The number of carboxylic acids is 1. The van der Waals surface area contributed by atoms with E-state index in [0.717, 1.165) is 0 Å². The molecule has 3 N–H and O–H groups in total. The monoisotopic (exact) mass is 590 g/mol. The number of carbonyl (C=O) groups excluding carboxylic acids is 1. The smallest absolute Gasteiger partial charge is 0.311 e. The predicted octanol–water partition coefficient (Wildman–Crippen LogP) is 4.43. The average Bonchev–Trinajstić information content (AvgIpc) is 3.71. The lowest BCUT2D eigenvalue weighted by molar-refractivity contribution is -0.230. The number of hydroxylamine groups is 2. The van der Waals surface area contributed by atoms with Crippen LogP contribution < -0.4 is 4.90 Å². The molecule has 6 rings (SSSR count). The molecule has 7 unspecified atom stereocenters. The third kappa shape index (κ3) is 4.47. The molecule has 10 heteroatoms. The normalized spacial score (nSPS) is 32.4. The first kappa shape index (κ1) is 29.4. The molecule has 9 atom stereocenters. The summed E-state index contributed by atoms with van der Waals surface area (Å²) >= 11 is 0. The van der Waals surface area contributed by atoms with Crippen molar-refractivity contribution in [2.45, 2.75) is 62.9 Å². The summed E-state index contributed by atoms with van der Waals surface area (Å²) in [7, 11) is 0. The van der Waals surface area contributed by atoms with Crippen molar-refractivity contribution in [1.29, 1.82) is 0 Å². The zero-order chi connectivity index (χ0) is 30.7. The number of benzene rings is 3. The van der Waals surface area contributed by atoms with E-state index in [2.05, 4.69) is 0 Å². The van der Waals surface area contributed by atoms with E-state index in [0.29, 0.717) is 16.9 Å². The molecule has 226 valence electrons. The fraction of sp³-hybridized carbons (Fsp3) is 0.394. The number of carboxylic acid groups (broad SMARTS) is 1. The second-order valence-electron chi connectivity index (χ2n) is 11.9. The number of anilines is 2. The molecule has 3 heterocycles. The molecule has 1 amide bonds. The topological polar surface area (TPSA) is 123 Å².